The molecule has 0 saturated carbocycles. The largest absolute Gasteiger partial charge is 0.378 e. The van der Waals surface area contributed by atoms with E-state index in [-0.39, 0.29) is 11.9 Å². The molecule has 0 radical (unpaired) electrons. The Morgan fingerprint density at radius 1 is 1.43 bits per heavy atom. The van der Waals surface area contributed by atoms with E-state index in [1.165, 1.54) is 18.4 Å². The van der Waals surface area contributed by atoms with Gasteiger partial charge in [-0.3, -0.25) is 0 Å². The summed E-state index contributed by atoms with van der Waals surface area (Å²) in [5, 5.41) is 3.57. The van der Waals surface area contributed by atoms with Gasteiger partial charge in [-0.15, -0.1) is 0 Å². The number of halogens is 1. The molecule has 1 heterocycles. The summed E-state index contributed by atoms with van der Waals surface area (Å²) >= 11 is 0. The molecule has 3 heteroatoms. The standard InChI is InChI=1S/C18H28FNO/c1-3-11-20-18(8-4-6-16-7-5-12-21-16)17-13-15(19)10-9-14(17)2/h9-10,13,16,18,20H,3-8,11-12H2,1-2H3. The van der Waals surface area contributed by atoms with Crippen LogP contribution in [0.25, 0.3) is 0 Å². The van der Waals surface area contributed by atoms with Gasteiger partial charge in [-0.1, -0.05) is 13.0 Å². The molecule has 2 unspecified atom stereocenters. The fourth-order valence-electron chi connectivity index (χ4n) is 3.09. The van der Waals surface area contributed by atoms with Crippen LogP contribution in [0.2, 0.25) is 0 Å². The van der Waals surface area contributed by atoms with Crippen LogP contribution in [0.15, 0.2) is 18.2 Å². The molecule has 0 bridgehead atoms. The van der Waals surface area contributed by atoms with Gasteiger partial charge in [-0.05, 0) is 75.3 Å². The normalized spacial score (nSPS) is 19.9. The fourth-order valence-corrected chi connectivity index (χ4v) is 3.09. The lowest BCUT2D eigenvalue weighted by Gasteiger charge is -2.22. The van der Waals surface area contributed by atoms with Crippen molar-refractivity contribution in [3.63, 3.8) is 0 Å². The molecule has 1 N–H and O–H groups in total. The van der Waals surface area contributed by atoms with Gasteiger partial charge in [0.15, 0.2) is 0 Å². The summed E-state index contributed by atoms with van der Waals surface area (Å²) in [6.07, 6.45) is 7.24. The summed E-state index contributed by atoms with van der Waals surface area (Å²) in [6, 6.07) is 5.37. The van der Waals surface area contributed by atoms with Gasteiger partial charge in [-0.25, -0.2) is 4.39 Å². The molecule has 1 fully saturated rings. The Balaban J connectivity index is 1.94. The minimum absolute atomic E-state index is 0.141. The van der Waals surface area contributed by atoms with E-state index in [4.69, 9.17) is 4.74 Å². The van der Waals surface area contributed by atoms with Gasteiger partial charge < -0.3 is 10.1 Å². The van der Waals surface area contributed by atoms with E-state index in [0.717, 1.165) is 44.4 Å². The van der Waals surface area contributed by atoms with Crippen LogP contribution in [0, 0.1) is 12.7 Å². The van der Waals surface area contributed by atoms with Gasteiger partial charge in [0, 0.05) is 12.6 Å². The predicted molar refractivity (Wildman–Crippen MR) is 85.0 cm³/mol. The molecule has 0 spiro atoms. The summed E-state index contributed by atoms with van der Waals surface area (Å²) in [4.78, 5) is 0. The van der Waals surface area contributed by atoms with Gasteiger partial charge in [0.05, 0.1) is 6.10 Å². The van der Waals surface area contributed by atoms with Gasteiger partial charge in [-0.2, -0.15) is 0 Å². The zero-order valence-electron chi connectivity index (χ0n) is 13.3. The summed E-state index contributed by atoms with van der Waals surface area (Å²) in [5.74, 6) is -0.141. The quantitative estimate of drug-likeness (QED) is 0.760. The Labute approximate surface area is 128 Å². The van der Waals surface area contributed by atoms with E-state index in [2.05, 4.69) is 19.2 Å². The van der Waals surface area contributed by atoms with Gasteiger partial charge >= 0.3 is 0 Å². The average molecular weight is 293 g/mol. The molecule has 1 saturated heterocycles. The van der Waals surface area contributed by atoms with Crippen molar-refractivity contribution < 1.29 is 9.13 Å². The molecule has 2 atom stereocenters. The third-order valence-electron chi connectivity index (χ3n) is 4.30. The first-order valence-corrected chi connectivity index (χ1v) is 8.31. The fraction of sp³-hybridized carbons (Fsp3) is 0.667. The van der Waals surface area contributed by atoms with Crippen LogP contribution < -0.4 is 5.32 Å². The summed E-state index contributed by atoms with van der Waals surface area (Å²) in [7, 11) is 0. The lowest BCUT2D eigenvalue weighted by Crippen LogP contribution is -2.23. The Bertz CT molecular complexity index is 429. The number of benzene rings is 1. The van der Waals surface area contributed by atoms with E-state index in [9.17, 15) is 4.39 Å². The topological polar surface area (TPSA) is 21.3 Å². The second-order valence-corrected chi connectivity index (χ2v) is 6.07. The maximum Gasteiger partial charge on any atom is 0.123 e. The molecular formula is C18H28FNO. The maximum atomic E-state index is 13.5. The third-order valence-corrected chi connectivity index (χ3v) is 4.30. The molecular weight excluding hydrogens is 265 g/mol. The summed E-state index contributed by atoms with van der Waals surface area (Å²) in [6.45, 7) is 6.12. The molecule has 1 aromatic carbocycles. The molecule has 0 aliphatic carbocycles. The molecule has 1 aromatic rings. The highest BCUT2D eigenvalue weighted by Gasteiger charge is 2.18. The Morgan fingerprint density at radius 3 is 3.00 bits per heavy atom. The minimum atomic E-state index is -0.141. The van der Waals surface area contributed by atoms with Crippen molar-refractivity contribution in [1.29, 1.82) is 0 Å². The molecule has 1 aliphatic heterocycles. The third kappa shape index (κ3) is 5.08. The number of ether oxygens (including phenoxy) is 1. The maximum absolute atomic E-state index is 13.5. The average Bonchev–Trinajstić information content (AvgIpc) is 2.99. The molecule has 2 rings (SSSR count). The molecule has 0 aromatic heterocycles. The van der Waals surface area contributed by atoms with Crippen LogP contribution in [0.4, 0.5) is 4.39 Å². The number of hydrogen-bond acceptors (Lipinski definition) is 2. The molecule has 1 aliphatic rings. The van der Waals surface area contributed by atoms with E-state index in [1.807, 2.05) is 6.07 Å². The van der Waals surface area contributed by atoms with E-state index in [0.29, 0.717) is 6.10 Å². The Morgan fingerprint density at radius 2 is 2.29 bits per heavy atom. The van der Waals surface area contributed by atoms with Gasteiger partial charge in [0.2, 0.25) is 0 Å². The SMILES string of the molecule is CCCNC(CCCC1CCCO1)c1cc(F)ccc1C. The highest BCUT2D eigenvalue weighted by atomic mass is 19.1. The summed E-state index contributed by atoms with van der Waals surface area (Å²) in [5.41, 5.74) is 2.28. The predicted octanol–water partition coefficient (Wildman–Crippen LogP) is 4.52. The van der Waals surface area contributed by atoms with Crippen LogP contribution in [-0.2, 0) is 4.74 Å². The minimum Gasteiger partial charge on any atom is -0.378 e. The lowest BCUT2D eigenvalue weighted by atomic mass is 9.95. The highest BCUT2D eigenvalue weighted by molar-refractivity contribution is 5.29. The molecule has 0 amide bonds. The van der Waals surface area contributed by atoms with Crippen molar-refractivity contribution in [2.45, 2.75) is 64.5 Å². The highest BCUT2D eigenvalue weighted by Crippen LogP contribution is 2.26. The smallest absolute Gasteiger partial charge is 0.123 e. The lowest BCUT2D eigenvalue weighted by molar-refractivity contribution is 0.101. The second-order valence-electron chi connectivity index (χ2n) is 6.07. The van der Waals surface area contributed by atoms with Crippen molar-refractivity contribution in [3.05, 3.63) is 35.1 Å². The van der Waals surface area contributed by atoms with Crippen LogP contribution in [0.5, 0.6) is 0 Å². The van der Waals surface area contributed by atoms with Crippen molar-refractivity contribution in [1.82, 2.24) is 5.32 Å². The first-order valence-electron chi connectivity index (χ1n) is 8.31. The Hall–Kier alpha value is -0.930. The zero-order valence-corrected chi connectivity index (χ0v) is 13.3. The second kappa shape index (κ2) is 8.50. The van der Waals surface area contributed by atoms with Crippen molar-refractivity contribution in [2.75, 3.05) is 13.2 Å². The number of nitrogens with one attached hydrogen (secondary N) is 1. The Kier molecular flexibility index (Phi) is 6.65. The van der Waals surface area contributed by atoms with E-state index < -0.39 is 0 Å². The molecule has 118 valence electrons. The van der Waals surface area contributed by atoms with Crippen molar-refractivity contribution in [2.24, 2.45) is 0 Å². The van der Waals surface area contributed by atoms with Crippen molar-refractivity contribution in [3.8, 4) is 0 Å². The van der Waals surface area contributed by atoms with Gasteiger partial charge in [0.1, 0.15) is 5.82 Å². The number of aryl methyl sites for hydroxylation is 1. The number of rotatable bonds is 8. The van der Waals surface area contributed by atoms with Crippen LogP contribution in [0.1, 0.15) is 62.6 Å². The first kappa shape index (κ1) is 16.4. The summed E-state index contributed by atoms with van der Waals surface area (Å²) < 4.78 is 19.2. The van der Waals surface area contributed by atoms with Crippen LogP contribution >= 0.6 is 0 Å². The first-order chi connectivity index (χ1) is 10.2. The molecule has 21 heavy (non-hydrogen) atoms. The van der Waals surface area contributed by atoms with E-state index in [1.54, 1.807) is 12.1 Å². The van der Waals surface area contributed by atoms with Crippen LogP contribution in [-0.4, -0.2) is 19.3 Å². The van der Waals surface area contributed by atoms with Crippen LogP contribution in [0.3, 0.4) is 0 Å². The number of hydrogen-bond donors (Lipinski definition) is 1. The zero-order chi connectivity index (χ0) is 15.1. The van der Waals surface area contributed by atoms with Gasteiger partial charge in [0.25, 0.3) is 0 Å². The van der Waals surface area contributed by atoms with E-state index >= 15 is 0 Å². The van der Waals surface area contributed by atoms with Crippen molar-refractivity contribution >= 4 is 0 Å². The monoisotopic (exact) mass is 293 g/mol. The molecule has 2 nitrogen and oxygen atoms in total.